The zero-order valence-corrected chi connectivity index (χ0v) is 10.6. The molecule has 0 amide bonds. The van der Waals surface area contributed by atoms with Gasteiger partial charge in [0.1, 0.15) is 5.82 Å². The van der Waals surface area contributed by atoms with Gasteiger partial charge in [-0.1, -0.05) is 0 Å². The van der Waals surface area contributed by atoms with Crippen molar-refractivity contribution in [3.05, 3.63) is 34.2 Å². The van der Waals surface area contributed by atoms with Crippen LogP contribution in [-0.2, 0) is 6.42 Å². The number of thiazole rings is 1. The van der Waals surface area contributed by atoms with Crippen LogP contribution in [0, 0.1) is 6.92 Å². The van der Waals surface area contributed by atoms with Crippen LogP contribution in [0.25, 0.3) is 0 Å². The molecule has 0 spiro atoms. The Morgan fingerprint density at radius 3 is 2.83 bits per heavy atom. The van der Waals surface area contributed by atoms with Crippen LogP contribution in [0.1, 0.15) is 21.2 Å². The minimum absolute atomic E-state index is 0.0592. The molecule has 0 fully saturated rings. The SMILES string of the molecule is Cc1csc(CCNc2cnc(C(=O)O)cn2)n1. The number of rotatable bonds is 5. The van der Waals surface area contributed by atoms with E-state index in [1.165, 1.54) is 12.4 Å². The lowest BCUT2D eigenvalue weighted by molar-refractivity contribution is 0.0690. The number of hydrogen-bond acceptors (Lipinski definition) is 6. The zero-order chi connectivity index (χ0) is 13.0. The van der Waals surface area contributed by atoms with Crippen molar-refractivity contribution in [2.24, 2.45) is 0 Å². The Morgan fingerprint density at radius 1 is 1.44 bits per heavy atom. The normalized spacial score (nSPS) is 10.3. The van der Waals surface area contributed by atoms with Crippen LogP contribution < -0.4 is 5.32 Å². The molecule has 0 aromatic carbocycles. The molecule has 0 radical (unpaired) electrons. The van der Waals surface area contributed by atoms with Gasteiger partial charge in [0.2, 0.25) is 0 Å². The number of carboxylic acids is 1. The first-order chi connectivity index (χ1) is 8.65. The van der Waals surface area contributed by atoms with E-state index in [0.29, 0.717) is 12.4 Å². The Bertz CT molecular complexity index is 538. The van der Waals surface area contributed by atoms with Crippen molar-refractivity contribution in [2.75, 3.05) is 11.9 Å². The second-order valence-corrected chi connectivity index (χ2v) is 4.59. The van der Waals surface area contributed by atoms with E-state index in [2.05, 4.69) is 20.3 Å². The fraction of sp³-hybridized carbons (Fsp3) is 0.273. The van der Waals surface area contributed by atoms with Crippen LogP contribution in [0.4, 0.5) is 5.82 Å². The van der Waals surface area contributed by atoms with Gasteiger partial charge in [-0.3, -0.25) is 0 Å². The highest BCUT2D eigenvalue weighted by Gasteiger charge is 2.04. The smallest absolute Gasteiger partial charge is 0.356 e. The number of aromatic carboxylic acids is 1. The molecule has 2 rings (SSSR count). The third kappa shape index (κ3) is 3.24. The lowest BCUT2D eigenvalue weighted by Crippen LogP contribution is -2.08. The van der Waals surface area contributed by atoms with Crippen LogP contribution in [0.5, 0.6) is 0 Å². The monoisotopic (exact) mass is 264 g/mol. The van der Waals surface area contributed by atoms with E-state index >= 15 is 0 Å². The third-order valence-corrected chi connectivity index (χ3v) is 3.21. The summed E-state index contributed by atoms with van der Waals surface area (Å²) in [7, 11) is 0. The van der Waals surface area contributed by atoms with Gasteiger partial charge in [0, 0.05) is 24.0 Å². The first-order valence-corrected chi connectivity index (χ1v) is 6.23. The van der Waals surface area contributed by atoms with Gasteiger partial charge in [-0.05, 0) is 6.92 Å². The molecule has 0 aliphatic heterocycles. The summed E-state index contributed by atoms with van der Waals surface area (Å²) < 4.78 is 0. The minimum atomic E-state index is -1.08. The van der Waals surface area contributed by atoms with Crippen molar-refractivity contribution in [1.29, 1.82) is 0 Å². The summed E-state index contributed by atoms with van der Waals surface area (Å²) in [5, 5.41) is 14.8. The maximum Gasteiger partial charge on any atom is 0.356 e. The van der Waals surface area contributed by atoms with E-state index in [-0.39, 0.29) is 5.69 Å². The molecular weight excluding hydrogens is 252 g/mol. The Hall–Kier alpha value is -2.02. The fourth-order valence-corrected chi connectivity index (χ4v) is 2.12. The number of nitrogens with zero attached hydrogens (tertiary/aromatic N) is 3. The summed E-state index contributed by atoms with van der Waals surface area (Å²) in [6, 6.07) is 0. The van der Waals surface area contributed by atoms with E-state index in [4.69, 9.17) is 5.11 Å². The van der Waals surface area contributed by atoms with Crippen molar-refractivity contribution < 1.29 is 9.90 Å². The molecule has 0 saturated heterocycles. The fourth-order valence-electron chi connectivity index (χ4n) is 1.34. The quantitative estimate of drug-likeness (QED) is 0.852. The molecule has 18 heavy (non-hydrogen) atoms. The van der Waals surface area contributed by atoms with E-state index < -0.39 is 5.97 Å². The summed E-state index contributed by atoms with van der Waals surface area (Å²) in [5.41, 5.74) is 0.969. The van der Waals surface area contributed by atoms with Gasteiger partial charge < -0.3 is 10.4 Å². The van der Waals surface area contributed by atoms with Gasteiger partial charge in [0.05, 0.1) is 17.4 Å². The minimum Gasteiger partial charge on any atom is -0.476 e. The van der Waals surface area contributed by atoms with Gasteiger partial charge in [-0.25, -0.2) is 19.7 Å². The van der Waals surface area contributed by atoms with Crippen LogP contribution >= 0.6 is 11.3 Å². The number of hydrogen-bond donors (Lipinski definition) is 2. The Labute approximate surface area is 108 Å². The van der Waals surface area contributed by atoms with Crippen molar-refractivity contribution in [3.8, 4) is 0 Å². The molecule has 2 N–H and O–H groups in total. The molecular formula is C11H12N4O2S. The highest BCUT2D eigenvalue weighted by molar-refractivity contribution is 7.09. The van der Waals surface area contributed by atoms with E-state index in [1.807, 2.05) is 12.3 Å². The molecule has 0 bridgehead atoms. The second kappa shape index (κ2) is 5.54. The van der Waals surface area contributed by atoms with E-state index in [1.54, 1.807) is 11.3 Å². The predicted octanol–water partition coefficient (Wildman–Crippen LogP) is 1.59. The lowest BCUT2D eigenvalue weighted by Gasteiger charge is -2.03. The molecule has 0 saturated carbocycles. The molecule has 0 atom stereocenters. The van der Waals surface area contributed by atoms with Crippen molar-refractivity contribution in [1.82, 2.24) is 15.0 Å². The molecule has 0 aliphatic rings. The second-order valence-electron chi connectivity index (χ2n) is 3.65. The van der Waals surface area contributed by atoms with Crippen molar-refractivity contribution in [2.45, 2.75) is 13.3 Å². The summed E-state index contributed by atoms with van der Waals surface area (Å²) in [4.78, 5) is 22.7. The molecule has 7 heteroatoms. The Kier molecular flexibility index (Phi) is 3.83. The Morgan fingerprint density at radius 2 is 2.28 bits per heavy atom. The molecule has 6 nitrogen and oxygen atoms in total. The molecule has 2 aromatic rings. The molecule has 0 unspecified atom stereocenters. The number of anilines is 1. The highest BCUT2D eigenvalue weighted by Crippen LogP contribution is 2.09. The number of aryl methyl sites for hydroxylation is 1. The van der Waals surface area contributed by atoms with Gasteiger partial charge in [-0.15, -0.1) is 11.3 Å². The summed E-state index contributed by atoms with van der Waals surface area (Å²) in [6.07, 6.45) is 3.45. The van der Waals surface area contributed by atoms with Crippen LogP contribution in [0.15, 0.2) is 17.8 Å². The number of carbonyl (C=O) groups is 1. The summed E-state index contributed by atoms with van der Waals surface area (Å²) in [5.74, 6) is -0.513. The molecule has 0 aliphatic carbocycles. The van der Waals surface area contributed by atoms with Gasteiger partial charge in [0.15, 0.2) is 5.69 Å². The largest absolute Gasteiger partial charge is 0.476 e. The summed E-state index contributed by atoms with van der Waals surface area (Å²) in [6.45, 7) is 2.65. The predicted molar refractivity (Wildman–Crippen MR) is 68.0 cm³/mol. The van der Waals surface area contributed by atoms with Crippen molar-refractivity contribution in [3.63, 3.8) is 0 Å². The van der Waals surface area contributed by atoms with E-state index in [0.717, 1.165) is 17.1 Å². The molecule has 2 aromatic heterocycles. The van der Waals surface area contributed by atoms with Crippen LogP contribution in [0.3, 0.4) is 0 Å². The molecule has 2 heterocycles. The standard InChI is InChI=1S/C11H12N4O2S/c1-7-6-18-10(15-7)2-3-12-9-5-13-8(4-14-9)11(16)17/h4-6H,2-3H2,1H3,(H,12,14)(H,16,17). The number of aromatic nitrogens is 3. The number of nitrogens with one attached hydrogen (secondary N) is 1. The molecule has 94 valence electrons. The van der Waals surface area contributed by atoms with Gasteiger partial charge in [-0.2, -0.15) is 0 Å². The average Bonchev–Trinajstić information content (AvgIpc) is 2.76. The topological polar surface area (TPSA) is 88.0 Å². The van der Waals surface area contributed by atoms with Gasteiger partial charge >= 0.3 is 5.97 Å². The average molecular weight is 264 g/mol. The van der Waals surface area contributed by atoms with E-state index in [9.17, 15) is 4.79 Å². The van der Waals surface area contributed by atoms with Gasteiger partial charge in [0.25, 0.3) is 0 Å². The van der Waals surface area contributed by atoms with Crippen LogP contribution in [0.2, 0.25) is 0 Å². The first-order valence-electron chi connectivity index (χ1n) is 5.35. The maximum atomic E-state index is 10.6. The first kappa shape index (κ1) is 12.4. The zero-order valence-electron chi connectivity index (χ0n) is 9.75. The number of carboxylic acid groups (broad SMARTS) is 1. The summed E-state index contributed by atoms with van der Waals surface area (Å²) >= 11 is 1.63. The Balaban J connectivity index is 1.85. The maximum absolute atomic E-state index is 10.6. The van der Waals surface area contributed by atoms with Crippen molar-refractivity contribution >= 4 is 23.1 Å². The lowest BCUT2D eigenvalue weighted by atomic mass is 10.4. The third-order valence-electron chi connectivity index (χ3n) is 2.18. The highest BCUT2D eigenvalue weighted by atomic mass is 32.1. The van der Waals surface area contributed by atoms with Crippen LogP contribution in [-0.4, -0.2) is 32.6 Å².